The lowest BCUT2D eigenvalue weighted by molar-refractivity contribution is 0.684. The Morgan fingerprint density at radius 3 is 2.75 bits per heavy atom. The number of aromatic nitrogens is 2. The second-order valence-corrected chi connectivity index (χ2v) is 5.37. The van der Waals surface area contributed by atoms with Crippen LogP contribution in [0.3, 0.4) is 0 Å². The number of anilines is 1. The van der Waals surface area contributed by atoms with Crippen LogP contribution in [0, 0.1) is 6.92 Å². The first-order valence-corrected chi connectivity index (χ1v) is 7.08. The fourth-order valence-electron chi connectivity index (χ4n) is 1.34. The van der Waals surface area contributed by atoms with E-state index in [1.165, 1.54) is 0 Å². The summed E-state index contributed by atoms with van der Waals surface area (Å²) in [4.78, 5) is 8.58. The summed E-state index contributed by atoms with van der Waals surface area (Å²) >= 11 is 0. The average Bonchev–Trinajstić information content (AvgIpc) is 2.28. The first-order valence-electron chi connectivity index (χ1n) is 5.59. The van der Waals surface area contributed by atoms with Crippen molar-refractivity contribution < 1.29 is 4.21 Å². The number of nitrogens with zero attached hydrogens (tertiary/aromatic N) is 2. The van der Waals surface area contributed by atoms with Crippen LogP contribution in [0.25, 0.3) is 0 Å². The SMILES string of the molecule is CCc1cc(NCCS(=O)CC)nc(C)n1. The molecule has 1 rings (SSSR count). The quantitative estimate of drug-likeness (QED) is 0.820. The van der Waals surface area contributed by atoms with Crippen molar-refractivity contribution in [1.29, 1.82) is 0 Å². The summed E-state index contributed by atoms with van der Waals surface area (Å²) in [7, 11) is -0.719. The van der Waals surface area contributed by atoms with Gasteiger partial charge in [-0.3, -0.25) is 4.21 Å². The van der Waals surface area contributed by atoms with Crippen molar-refractivity contribution in [3.8, 4) is 0 Å². The highest BCUT2D eigenvalue weighted by Crippen LogP contribution is 2.06. The van der Waals surface area contributed by atoms with Crippen molar-refractivity contribution >= 4 is 16.6 Å². The van der Waals surface area contributed by atoms with Gasteiger partial charge in [0.2, 0.25) is 0 Å². The molecule has 0 aromatic carbocycles. The molecular formula is C11H19N3OS. The molecule has 16 heavy (non-hydrogen) atoms. The van der Waals surface area contributed by atoms with E-state index in [-0.39, 0.29) is 0 Å². The molecule has 0 aliphatic carbocycles. The van der Waals surface area contributed by atoms with Crippen molar-refractivity contribution in [2.24, 2.45) is 0 Å². The lowest BCUT2D eigenvalue weighted by atomic mass is 10.3. The summed E-state index contributed by atoms with van der Waals surface area (Å²) in [5.74, 6) is 2.99. The molecular weight excluding hydrogens is 222 g/mol. The standard InChI is InChI=1S/C11H19N3OS/c1-4-10-8-11(14-9(3)13-10)12-6-7-16(15)5-2/h8H,4-7H2,1-3H3,(H,12,13,14). The molecule has 90 valence electrons. The minimum Gasteiger partial charge on any atom is -0.369 e. The molecule has 0 aliphatic heterocycles. The van der Waals surface area contributed by atoms with E-state index >= 15 is 0 Å². The third kappa shape index (κ3) is 4.26. The van der Waals surface area contributed by atoms with E-state index in [0.717, 1.165) is 23.8 Å². The lowest BCUT2D eigenvalue weighted by Gasteiger charge is -2.07. The predicted octanol–water partition coefficient (Wildman–Crippen LogP) is 1.53. The van der Waals surface area contributed by atoms with E-state index in [2.05, 4.69) is 22.2 Å². The van der Waals surface area contributed by atoms with Crippen molar-refractivity contribution in [2.45, 2.75) is 27.2 Å². The summed E-state index contributed by atoms with van der Waals surface area (Å²) < 4.78 is 11.2. The Morgan fingerprint density at radius 1 is 1.38 bits per heavy atom. The van der Waals surface area contributed by atoms with Crippen LogP contribution in [-0.4, -0.2) is 32.2 Å². The second-order valence-electron chi connectivity index (χ2n) is 3.50. The van der Waals surface area contributed by atoms with E-state index in [0.29, 0.717) is 18.1 Å². The maximum atomic E-state index is 11.2. The summed E-state index contributed by atoms with van der Waals surface area (Å²) in [6, 6.07) is 1.95. The molecule has 4 nitrogen and oxygen atoms in total. The number of hydrogen-bond acceptors (Lipinski definition) is 4. The molecule has 1 aromatic rings. The second kappa shape index (κ2) is 6.58. The van der Waals surface area contributed by atoms with Gasteiger partial charge in [0, 0.05) is 40.6 Å². The molecule has 0 spiro atoms. The van der Waals surface area contributed by atoms with Crippen LogP contribution in [0.4, 0.5) is 5.82 Å². The maximum absolute atomic E-state index is 11.2. The van der Waals surface area contributed by atoms with Crippen LogP contribution in [0.5, 0.6) is 0 Å². The topological polar surface area (TPSA) is 54.9 Å². The smallest absolute Gasteiger partial charge is 0.129 e. The van der Waals surface area contributed by atoms with Crippen LogP contribution < -0.4 is 5.32 Å². The third-order valence-corrected chi connectivity index (χ3v) is 3.51. The molecule has 0 radical (unpaired) electrons. The largest absolute Gasteiger partial charge is 0.369 e. The molecule has 1 N–H and O–H groups in total. The molecule has 0 bridgehead atoms. The Morgan fingerprint density at radius 2 is 2.12 bits per heavy atom. The van der Waals surface area contributed by atoms with Crippen LogP contribution in [0.2, 0.25) is 0 Å². The van der Waals surface area contributed by atoms with Crippen molar-refractivity contribution in [1.82, 2.24) is 9.97 Å². The zero-order valence-electron chi connectivity index (χ0n) is 10.1. The van der Waals surface area contributed by atoms with Crippen LogP contribution in [-0.2, 0) is 17.2 Å². The summed E-state index contributed by atoms with van der Waals surface area (Å²) in [5, 5.41) is 3.18. The monoisotopic (exact) mass is 241 g/mol. The third-order valence-electron chi connectivity index (χ3n) is 2.21. The van der Waals surface area contributed by atoms with Crippen LogP contribution in [0.1, 0.15) is 25.4 Å². The van der Waals surface area contributed by atoms with Crippen molar-refractivity contribution in [3.63, 3.8) is 0 Å². The van der Waals surface area contributed by atoms with Gasteiger partial charge < -0.3 is 5.32 Å². The average molecular weight is 241 g/mol. The van der Waals surface area contributed by atoms with Gasteiger partial charge in [-0.15, -0.1) is 0 Å². The number of nitrogens with one attached hydrogen (secondary N) is 1. The first kappa shape index (κ1) is 13.1. The van der Waals surface area contributed by atoms with Crippen LogP contribution >= 0.6 is 0 Å². The molecule has 1 unspecified atom stereocenters. The minimum atomic E-state index is -0.719. The summed E-state index contributed by atoms with van der Waals surface area (Å²) in [6.45, 7) is 6.58. The molecule has 1 aromatic heterocycles. The first-order chi connectivity index (χ1) is 7.65. The normalized spacial score (nSPS) is 12.4. The zero-order valence-corrected chi connectivity index (χ0v) is 10.9. The Kier molecular flexibility index (Phi) is 5.38. The molecule has 0 amide bonds. The number of hydrogen-bond donors (Lipinski definition) is 1. The Bertz CT molecular complexity index is 368. The predicted molar refractivity (Wildman–Crippen MR) is 68.2 cm³/mol. The molecule has 0 fully saturated rings. The van der Waals surface area contributed by atoms with Gasteiger partial charge in [0.1, 0.15) is 11.6 Å². The lowest BCUT2D eigenvalue weighted by Crippen LogP contribution is -2.13. The fourth-order valence-corrected chi connectivity index (χ4v) is 1.96. The highest BCUT2D eigenvalue weighted by molar-refractivity contribution is 7.84. The zero-order chi connectivity index (χ0) is 12.0. The van der Waals surface area contributed by atoms with Gasteiger partial charge >= 0.3 is 0 Å². The van der Waals surface area contributed by atoms with E-state index in [4.69, 9.17) is 0 Å². The highest BCUT2D eigenvalue weighted by atomic mass is 32.2. The van der Waals surface area contributed by atoms with E-state index in [1.54, 1.807) is 0 Å². The number of aryl methyl sites for hydroxylation is 2. The van der Waals surface area contributed by atoms with E-state index in [9.17, 15) is 4.21 Å². The Labute approximate surface area is 99.3 Å². The maximum Gasteiger partial charge on any atom is 0.129 e. The Hall–Kier alpha value is -0.970. The van der Waals surface area contributed by atoms with Crippen molar-refractivity contribution in [3.05, 3.63) is 17.6 Å². The molecule has 1 atom stereocenters. The molecule has 5 heteroatoms. The molecule has 0 saturated heterocycles. The molecule has 1 heterocycles. The summed E-state index contributed by atoms with van der Waals surface area (Å²) in [5.41, 5.74) is 1.03. The van der Waals surface area contributed by atoms with Gasteiger partial charge in [0.25, 0.3) is 0 Å². The van der Waals surface area contributed by atoms with Crippen LogP contribution in [0.15, 0.2) is 6.07 Å². The van der Waals surface area contributed by atoms with Gasteiger partial charge in [-0.1, -0.05) is 13.8 Å². The van der Waals surface area contributed by atoms with Gasteiger partial charge in [-0.05, 0) is 13.3 Å². The minimum absolute atomic E-state index is 0.668. The van der Waals surface area contributed by atoms with E-state index < -0.39 is 10.8 Å². The van der Waals surface area contributed by atoms with Gasteiger partial charge in [-0.2, -0.15) is 0 Å². The summed E-state index contributed by atoms with van der Waals surface area (Å²) in [6.07, 6.45) is 0.902. The van der Waals surface area contributed by atoms with Gasteiger partial charge in [0.15, 0.2) is 0 Å². The molecule has 0 saturated carbocycles. The number of rotatable bonds is 6. The van der Waals surface area contributed by atoms with E-state index in [1.807, 2.05) is 19.9 Å². The fraction of sp³-hybridized carbons (Fsp3) is 0.636. The highest BCUT2D eigenvalue weighted by Gasteiger charge is 2.01. The van der Waals surface area contributed by atoms with Crippen molar-refractivity contribution in [2.75, 3.05) is 23.4 Å². The van der Waals surface area contributed by atoms with Gasteiger partial charge in [0.05, 0.1) is 0 Å². The van der Waals surface area contributed by atoms with Gasteiger partial charge in [-0.25, -0.2) is 9.97 Å². The molecule has 0 aliphatic rings. The Balaban J connectivity index is 2.53.